The largest absolute Gasteiger partial charge is 0.359 e. The number of carbonyl (C=O) groups is 1. The molecule has 0 saturated carbocycles. The molecule has 4 heterocycles. The van der Waals surface area contributed by atoms with Crippen molar-refractivity contribution in [1.82, 2.24) is 18.6 Å². The van der Waals surface area contributed by atoms with E-state index in [2.05, 4.69) is 5.10 Å². The van der Waals surface area contributed by atoms with Gasteiger partial charge in [-0.15, -0.1) is 0 Å². The first-order valence-electron chi connectivity index (χ1n) is 10.5. The number of amides is 1. The minimum Gasteiger partial charge on any atom is -0.359 e. The average Bonchev–Trinajstić information content (AvgIpc) is 3.32. The van der Waals surface area contributed by atoms with Crippen molar-refractivity contribution in [2.45, 2.75) is 25.1 Å². The van der Waals surface area contributed by atoms with Gasteiger partial charge in [-0.05, 0) is 30.7 Å². The van der Waals surface area contributed by atoms with Gasteiger partial charge >= 0.3 is 10.2 Å². The molecule has 1 aromatic carbocycles. The maximum atomic E-state index is 15.7. The molecule has 2 aromatic heterocycles. The maximum absolute atomic E-state index is 15.7. The summed E-state index contributed by atoms with van der Waals surface area (Å²) in [6.07, 6.45) is 1.39. The van der Waals surface area contributed by atoms with Gasteiger partial charge in [0.15, 0.2) is 5.82 Å². The SMILES string of the molecule is O=C(NS(=O)(=O)N1CCC1)c1cnn2ccc(N3C[C@@H](F)C[C@@H]3c3cc(F)ccc3F)c(F)c12. The average molecular weight is 497 g/mol. The second-order valence-corrected chi connectivity index (χ2v) is 9.89. The van der Waals surface area contributed by atoms with E-state index in [1.165, 1.54) is 17.2 Å². The molecule has 2 saturated heterocycles. The number of benzene rings is 1. The molecule has 2 aliphatic rings. The van der Waals surface area contributed by atoms with Gasteiger partial charge in [-0.2, -0.15) is 17.8 Å². The fraction of sp³-hybridized carbons (Fsp3) is 0.333. The molecule has 13 heteroatoms. The zero-order valence-corrected chi connectivity index (χ0v) is 18.4. The molecule has 0 unspecified atom stereocenters. The molecule has 2 fully saturated rings. The van der Waals surface area contributed by atoms with Crippen LogP contribution in [-0.2, 0) is 10.2 Å². The lowest BCUT2D eigenvalue weighted by molar-refractivity contribution is 0.0979. The summed E-state index contributed by atoms with van der Waals surface area (Å²) in [5.74, 6) is -3.52. The first-order valence-corrected chi connectivity index (χ1v) is 11.9. The van der Waals surface area contributed by atoms with E-state index in [-0.39, 0.29) is 48.4 Å². The van der Waals surface area contributed by atoms with Crippen LogP contribution >= 0.6 is 0 Å². The highest BCUT2D eigenvalue weighted by atomic mass is 32.2. The van der Waals surface area contributed by atoms with Crippen LogP contribution in [0.2, 0.25) is 0 Å². The van der Waals surface area contributed by atoms with E-state index in [1.807, 2.05) is 4.72 Å². The van der Waals surface area contributed by atoms with Gasteiger partial charge in [-0.25, -0.2) is 26.8 Å². The molecule has 0 spiro atoms. The van der Waals surface area contributed by atoms with Crippen LogP contribution < -0.4 is 9.62 Å². The predicted molar refractivity (Wildman–Crippen MR) is 114 cm³/mol. The first kappa shape index (κ1) is 22.6. The number of hydrogen-bond donors (Lipinski definition) is 1. The van der Waals surface area contributed by atoms with Crippen LogP contribution in [0.5, 0.6) is 0 Å². The molecule has 0 aliphatic carbocycles. The topological polar surface area (TPSA) is 87.0 Å². The lowest BCUT2D eigenvalue weighted by Crippen LogP contribution is -2.49. The standard InChI is InChI=1S/C21H19F4N5O3S/c22-12-2-3-16(24)14(8-12)18-9-13(23)11-29(18)17-4-7-30-20(19(17)25)15(10-26-30)21(31)27-34(32,33)28-5-1-6-28/h2-4,7-8,10,13,18H,1,5-6,9,11H2,(H,27,31)/t13-,18+/m0/s1. The van der Waals surface area contributed by atoms with Crippen molar-refractivity contribution < 1.29 is 30.8 Å². The highest BCUT2D eigenvalue weighted by Crippen LogP contribution is 2.40. The number of carbonyl (C=O) groups excluding carboxylic acids is 1. The van der Waals surface area contributed by atoms with Crippen molar-refractivity contribution in [2.24, 2.45) is 0 Å². The fourth-order valence-corrected chi connectivity index (χ4v) is 5.51. The monoisotopic (exact) mass is 497 g/mol. The predicted octanol–water partition coefficient (Wildman–Crippen LogP) is 2.72. The van der Waals surface area contributed by atoms with Crippen molar-refractivity contribution in [2.75, 3.05) is 24.5 Å². The lowest BCUT2D eigenvalue weighted by Gasteiger charge is -2.29. The van der Waals surface area contributed by atoms with Crippen molar-refractivity contribution in [3.63, 3.8) is 0 Å². The van der Waals surface area contributed by atoms with E-state index < -0.39 is 45.8 Å². The molecule has 0 radical (unpaired) electrons. The van der Waals surface area contributed by atoms with Crippen LogP contribution in [-0.4, -0.2) is 54.1 Å². The summed E-state index contributed by atoms with van der Waals surface area (Å²) in [5, 5.41) is 3.90. The molecule has 2 aliphatic heterocycles. The Labute approximate surface area is 191 Å². The van der Waals surface area contributed by atoms with Gasteiger partial charge in [-0.1, -0.05) is 0 Å². The number of fused-ring (bicyclic) bond motifs is 1. The van der Waals surface area contributed by atoms with Gasteiger partial charge < -0.3 is 4.90 Å². The summed E-state index contributed by atoms with van der Waals surface area (Å²) in [6, 6.07) is 3.10. The van der Waals surface area contributed by atoms with Gasteiger partial charge in [0.2, 0.25) is 0 Å². The Kier molecular flexibility index (Phi) is 5.47. The molecular formula is C21H19F4N5O3S. The highest BCUT2D eigenvalue weighted by Gasteiger charge is 2.37. The van der Waals surface area contributed by atoms with E-state index in [9.17, 15) is 26.4 Å². The number of aromatic nitrogens is 2. The first-order chi connectivity index (χ1) is 16.2. The quantitative estimate of drug-likeness (QED) is 0.548. The Balaban J connectivity index is 1.54. The van der Waals surface area contributed by atoms with Gasteiger partial charge in [0, 0.05) is 37.8 Å². The molecule has 2 atom stereocenters. The lowest BCUT2D eigenvalue weighted by atomic mass is 10.0. The normalized spacial score (nSPS) is 21.1. The molecular weight excluding hydrogens is 478 g/mol. The van der Waals surface area contributed by atoms with E-state index in [1.54, 1.807) is 0 Å². The van der Waals surface area contributed by atoms with Crippen molar-refractivity contribution >= 4 is 27.3 Å². The van der Waals surface area contributed by atoms with E-state index >= 15 is 4.39 Å². The van der Waals surface area contributed by atoms with Gasteiger partial charge in [0.1, 0.15) is 23.3 Å². The Morgan fingerprint density at radius 2 is 1.91 bits per heavy atom. The second-order valence-electron chi connectivity index (χ2n) is 8.22. The Hall–Kier alpha value is -3.19. The Morgan fingerprint density at radius 3 is 2.62 bits per heavy atom. The Morgan fingerprint density at radius 1 is 1.15 bits per heavy atom. The highest BCUT2D eigenvalue weighted by molar-refractivity contribution is 7.87. The maximum Gasteiger partial charge on any atom is 0.304 e. The number of anilines is 1. The second kappa shape index (κ2) is 8.24. The minimum absolute atomic E-state index is 0.119. The van der Waals surface area contributed by atoms with Crippen LogP contribution in [0.4, 0.5) is 23.2 Å². The number of pyridine rings is 1. The summed E-state index contributed by atoms with van der Waals surface area (Å²) < 4.78 is 86.9. The van der Waals surface area contributed by atoms with Crippen molar-refractivity contribution in [3.8, 4) is 0 Å². The van der Waals surface area contributed by atoms with Crippen molar-refractivity contribution in [1.29, 1.82) is 0 Å². The molecule has 180 valence electrons. The van der Waals surface area contributed by atoms with Gasteiger partial charge in [-0.3, -0.25) is 4.79 Å². The van der Waals surface area contributed by atoms with Crippen LogP contribution in [0.3, 0.4) is 0 Å². The third kappa shape index (κ3) is 3.78. The minimum atomic E-state index is -4.08. The number of alkyl halides is 1. The summed E-state index contributed by atoms with van der Waals surface area (Å²) in [4.78, 5) is 14.0. The Bertz CT molecular complexity index is 1390. The van der Waals surface area contributed by atoms with E-state index in [4.69, 9.17) is 0 Å². The summed E-state index contributed by atoms with van der Waals surface area (Å²) in [7, 11) is -4.08. The zero-order valence-electron chi connectivity index (χ0n) is 17.6. The van der Waals surface area contributed by atoms with Gasteiger partial charge in [0.25, 0.3) is 5.91 Å². The van der Waals surface area contributed by atoms with Crippen molar-refractivity contribution in [3.05, 3.63) is 65.2 Å². The number of nitrogens with one attached hydrogen (secondary N) is 1. The van der Waals surface area contributed by atoms with Crippen LogP contribution in [0.15, 0.2) is 36.7 Å². The molecule has 1 amide bonds. The van der Waals surface area contributed by atoms with E-state index in [0.717, 1.165) is 33.2 Å². The smallest absolute Gasteiger partial charge is 0.304 e. The van der Waals surface area contributed by atoms with Crippen LogP contribution in [0, 0.1) is 17.5 Å². The molecule has 34 heavy (non-hydrogen) atoms. The molecule has 8 nitrogen and oxygen atoms in total. The third-order valence-corrected chi connectivity index (χ3v) is 7.59. The van der Waals surface area contributed by atoms with Crippen LogP contribution in [0.25, 0.3) is 5.52 Å². The molecule has 3 aromatic rings. The summed E-state index contributed by atoms with van der Waals surface area (Å²) in [6.45, 7) is 0.257. The number of rotatable bonds is 5. The zero-order chi connectivity index (χ0) is 24.2. The molecule has 0 bridgehead atoms. The third-order valence-electron chi connectivity index (χ3n) is 6.10. The van der Waals surface area contributed by atoms with Gasteiger partial charge in [0.05, 0.1) is 23.5 Å². The summed E-state index contributed by atoms with van der Waals surface area (Å²) in [5.41, 5.74) is -0.935. The summed E-state index contributed by atoms with van der Waals surface area (Å²) >= 11 is 0. The van der Waals surface area contributed by atoms with Crippen LogP contribution in [0.1, 0.15) is 34.8 Å². The number of hydrogen-bond acceptors (Lipinski definition) is 5. The number of halogens is 4. The fourth-order valence-electron chi connectivity index (χ4n) is 4.30. The molecule has 1 N–H and O–H groups in total. The number of nitrogens with zero attached hydrogens (tertiary/aromatic N) is 4. The molecule has 5 rings (SSSR count). The van der Waals surface area contributed by atoms with E-state index in [0.29, 0.717) is 6.42 Å².